The maximum absolute atomic E-state index is 12.9. The molecule has 1 N–H and O–H groups in total. The standard InChI is InChI=1S/C25H15F3N2O5/c26-25(27,28)16-3-1-2-15(10-16)24-29-22(30-35-24)13-33-18-8-9-19-21(11-18)34-12-20(23(19)32)14-4-6-17(31)7-5-14/h1-12,31H,13H2. The van der Waals surface area contributed by atoms with E-state index in [4.69, 9.17) is 13.7 Å². The Morgan fingerprint density at radius 3 is 2.54 bits per heavy atom. The highest BCUT2D eigenvalue weighted by Crippen LogP contribution is 2.32. The van der Waals surface area contributed by atoms with E-state index in [1.165, 1.54) is 36.6 Å². The zero-order chi connectivity index (χ0) is 24.6. The number of fused-ring (bicyclic) bond motifs is 1. The molecule has 0 radical (unpaired) electrons. The van der Waals surface area contributed by atoms with Crippen LogP contribution < -0.4 is 10.2 Å². The Balaban J connectivity index is 1.33. The average Bonchev–Trinajstić information content (AvgIpc) is 3.32. The number of hydrogen-bond acceptors (Lipinski definition) is 7. The van der Waals surface area contributed by atoms with Crippen LogP contribution >= 0.6 is 0 Å². The number of ether oxygens (including phenoxy) is 1. The smallest absolute Gasteiger partial charge is 0.416 e. The van der Waals surface area contributed by atoms with Crippen molar-refractivity contribution in [3.63, 3.8) is 0 Å². The molecule has 0 saturated heterocycles. The van der Waals surface area contributed by atoms with Crippen molar-refractivity contribution >= 4 is 11.0 Å². The summed E-state index contributed by atoms with van der Waals surface area (Å²) in [6.07, 6.45) is -3.15. The minimum atomic E-state index is -4.49. The maximum atomic E-state index is 12.9. The van der Waals surface area contributed by atoms with E-state index in [0.717, 1.165) is 12.1 Å². The van der Waals surface area contributed by atoms with Crippen LogP contribution in [0, 0.1) is 0 Å². The summed E-state index contributed by atoms with van der Waals surface area (Å²) in [5, 5.41) is 13.5. The Hall–Kier alpha value is -4.60. The summed E-state index contributed by atoms with van der Waals surface area (Å²) in [5.41, 5.74) is 0.320. The number of phenols is 1. The molecule has 3 aromatic carbocycles. The molecule has 0 saturated carbocycles. The van der Waals surface area contributed by atoms with Gasteiger partial charge in [-0.1, -0.05) is 23.4 Å². The van der Waals surface area contributed by atoms with E-state index in [0.29, 0.717) is 27.8 Å². The highest BCUT2D eigenvalue weighted by atomic mass is 19.4. The van der Waals surface area contributed by atoms with Crippen molar-refractivity contribution in [2.24, 2.45) is 0 Å². The number of alkyl halides is 3. The summed E-state index contributed by atoms with van der Waals surface area (Å²) >= 11 is 0. The highest BCUT2D eigenvalue weighted by Gasteiger charge is 2.30. The zero-order valence-corrected chi connectivity index (χ0v) is 17.7. The van der Waals surface area contributed by atoms with Gasteiger partial charge >= 0.3 is 6.18 Å². The fourth-order valence-corrected chi connectivity index (χ4v) is 3.44. The molecule has 5 rings (SSSR count). The summed E-state index contributed by atoms with van der Waals surface area (Å²) < 4.78 is 55.1. The lowest BCUT2D eigenvalue weighted by Gasteiger charge is -2.06. The number of benzene rings is 3. The van der Waals surface area contributed by atoms with E-state index in [1.54, 1.807) is 24.3 Å². The van der Waals surface area contributed by atoms with Crippen LogP contribution in [0.25, 0.3) is 33.6 Å². The summed E-state index contributed by atoms with van der Waals surface area (Å²) in [7, 11) is 0. The first kappa shape index (κ1) is 22.2. The first-order valence-corrected chi connectivity index (χ1v) is 10.3. The van der Waals surface area contributed by atoms with Crippen LogP contribution in [-0.2, 0) is 12.8 Å². The molecule has 0 amide bonds. The first-order chi connectivity index (χ1) is 16.8. The van der Waals surface area contributed by atoms with Crippen LogP contribution in [0.5, 0.6) is 11.5 Å². The van der Waals surface area contributed by atoms with Gasteiger partial charge in [-0.2, -0.15) is 18.2 Å². The van der Waals surface area contributed by atoms with E-state index in [9.17, 15) is 23.1 Å². The van der Waals surface area contributed by atoms with E-state index in [-0.39, 0.29) is 35.1 Å². The Bertz CT molecular complexity index is 1570. The molecule has 0 aliphatic carbocycles. The molecule has 5 aromatic rings. The average molecular weight is 480 g/mol. The Labute approximate surface area is 195 Å². The van der Waals surface area contributed by atoms with E-state index < -0.39 is 11.7 Å². The normalized spacial score (nSPS) is 11.6. The second kappa shape index (κ2) is 8.64. The molecule has 0 atom stereocenters. The van der Waals surface area contributed by atoms with Crippen molar-refractivity contribution < 1.29 is 32.0 Å². The molecule has 0 spiro atoms. The number of aromatic hydroxyl groups is 1. The number of hydrogen-bond donors (Lipinski definition) is 1. The number of phenolic OH excluding ortho intramolecular Hbond substituents is 1. The number of rotatable bonds is 5. The predicted octanol–water partition coefficient (Wildman–Crippen LogP) is 5.81. The highest BCUT2D eigenvalue weighted by molar-refractivity contribution is 5.82. The Morgan fingerprint density at radius 2 is 1.77 bits per heavy atom. The van der Waals surface area contributed by atoms with Crippen LogP contribution in [0.15, 0.2) is 86.7 Å². The number of nitrogens with zero attached hydrogens (tertiary/aromatic N) is 2. The molecule has 0 fully saturated rings. The van der Waals surface area contributed by atoms with Gasteiger partial charge in [0.1, 0.15) is 23.3 Å². The third kappa shape index (κ3) is 4.58. The van der Waals surface area contributed by atoms with Crippen LogP contribution in [-0.4, -0.2) is 15.2 Å². The summed E-state index contributed by atoms with van der Waals surface area (Å²) in [6.45, 7) is -0.121. The maximum Gasteiger partial charge on any atom is 0.416 e. The molecular weight excluding hydrogens is 465 g/mol. The lowest BCUT2D eigenvalue weighted by Crippen LogP contribution is -2.05. The molecule has 10 heteroatoms. The van der Waals surface area contributed by atoms with Gasteiger partial charge in [-0.3, -0.25) is 4.79 Å². The molecule has 0 aliphatic rings. The van der Waals surface area contributed by atoms with Crippen molar-refractivity contribution in [3.05, 3.63) is 94.6 Å². The van der Waals surface area contributed by atoms with Crippen molar-refractivity contribution in [2.75, 3.05) is 0 Å². The van der Waals surface area contributed by atoms with Crippen LogP contribution in [0.2, 0.25) is 0 Å². The molecule has 7 nitrogen and oxygen atoms in total. The van der Waals surface area contributed by atoms with Crippen molar-refractivity contribution in [1.29, 1.82) is 0 Å². The van der Waals surface area contributed by atoms with E-state index >= 15 is 0 Å². The number of aromatic nitrogens is 2. The van der Waals surface area contributed by atoms with Gasteiger partial charge in [-0.25, -0.2) is 0 Å². The van der Waals surface area contributed by atoms with Gasteiger partial charge in [0, 0.05) is 11.6 Å². The largest absolute Gasteiger partial charge is 0.508 e. The molecule has 2 heterocycles. The third-order valence-corrected chi connectivity index (χ3v) is 5.20. The van der Waals surface area contributed by atoms with Gasteiger partial charge in [0.2, 0.25) is 5.82 Å². The van der Waals surface area contributed by atoms with Crippen molar-refractivity contribution in [3.8, 4) is 34.1 Å². The van der Waals surface area contributed by atoms with E-state index in [2.05, 4.69) is 10.1 Å². The van der Waals surface area contributed by atoms with Gasteiger partial charge in [0.15, 0.2) is 12.0 Å². The van der Waals surface area contributed by atoms with Gasteiger partial charge in [-0.15, -0.1) is 0 Å². The SMILES string of the molecule is O=c1c(-c2ccc(O)cc2)coc2cc(OCc3noc(-c4cccc(C(F)(F)F)c4)n3)ccc12. The molecule has 0 aliphatic heterocycles. The molecular formula is C25H15F3N2O5. The monoisotopic (exact) mass is 480 g/mol. The van der Waals surface area contributed by atoms with Gasteiger partial charge in [0.25, 0.3) is 5.89 Å². The number of halogens is 3. The molecule has 35 heavy (non-hydrogen) atoms. The van der Waals surface area contributed by atoms with Crippen LogP contribution in [0.1, 0.15) is 11.4 Å². The lowest BCUT2D eigenvalue weighted by molar-refractivity contribution is -0.137. The zero-order valence-electron chi connectivity index (χ0n) is 17.7. The second-order valence-electron chi connectivity index (χ2n) is 7.57. The van der Waals surface area contributed by atoms with Crippen molar-refractivity contribution in [2.45, 2.75) is 12.8 Å². The lowest BCUT2D eigenvalue weighted by atomic mass is 10.1. The Morgan fingerprint density at radius 1 is 0.971 bits per heavy atom. The molecule has 2 aromatic heterocycles. The topological polar surface area (TPSA) is 98.6 Å². The van der Waals surface area contributed by atoms with Crippen LogP contribution in [0.3, 0.4) is 0 Å². The molecule has 176 valence electrons. The minimum absolute atomic E-state index is 0.0685. The quantitative estimate of drug-likeness (QED) is 0.339. The summed E-state index contributed by atoms with van der Waals surface area (Å²) in [5.74, 6) is 0.510. The second-order valence-corrected chi connectivity index (χ2v) is 7.57. The predicted molar refractivity (Wildman–Crippen MR) is 119 cm³/mol. The molecule has 0 bridgehead atoms. The van der Waals surface area contributed by atoms with E-state index in [1.807, 2.05) is 0 Å². The van der Waals surface area contributed by atoms with Crippen LogP contribution in [0.4, 0.5) is 13.2 Å². The summed E-state index contributed by atoms with van der Waals surface area (Å²) in [4.78, 5) is 16.9. The Kier molecular flexibility index (Phi) is 5.48. The first-order valence-electron chi connectivity index (χ1n) is 10.3. The fourth-order valence-electron chi connectivity index (χ4n) is 3.44. The minimum Gasteiger partial charge on any atom is -0.508 e. The van der Waals surface area contributed by atoms with Gasteiger partial charge < -0.3 is 18.8 Å². The van der Waals surface area contributed by atoms with Gasteiger partial charge in [-0.05, 0) is 48.0 Å². The third-order valence-electron chi connectivity index (χ3n) is 5.20. The van der Waals surface area contributed by atoms with Gasteiger partial charge in [0.05, 0.1) is 16.5 Å². The van der Waals surface area contributed by atoms with Crippen molar-refractivity contribution in [1.82, 2.24) is 10.1 Å². The summed E-state index contributed by atoms with van der Waals surface area (Å²) in [6, 6.07) is 15.4. The fraction of sp³-hybridized carbons (Fsp3) is 0.0800. The molecule has 0 unspecified atom stereocenters.